The van der Waals surface area contributed by atoms with E-state index in [1.807, 2.05) is 37.3 Å². The van der Waals surface area contributed by atoms with Gasteiger partial charge in [0, 0.05) is 24.9 Å². The van der Waals surface area contributed by atoms with E-state index in [0.29, 0.717) is 18.7 Å². The average Bonchev–Trinajstić information content (AvgIpc) is 2.54. The van der Waals surface area contributed by atoms with Crippen LogP contribution < -0.4 is 0 Å². The first-order valence-electron chi connectivity index (χ1n) is 7.55. The van der Waals surface area contributed by atoms with Crippen LogP contribution in [0.3, 0.4) is 0 Å². The van der Waals surface area contributed by atoms with E-state index >= 15 is 0 Å². The van der Waals surface area contributed by atoms with Crippen molar-refractivity contribution in [2.45, 2.75) is 24.8 Å². The smallest absolute Gasteiger partial charge is 0.254 e. The Morgan fingerprint density at radius 3 is 2.35 bits per heavy atom. The summed E-state index contributed by atoms with van der Waals surface area (Å²) >= 11 is 0. The second kappa shape index (κ2) is 7.42. The Hall–Kier alpha value is -2.14. The number of benzene rings is 2. The molecular weight excluding hydrogens is 310 g/mol. The van der Waals surface area contributed by atoms with E-state index in [9.17, 15) is 13.2 Å². The molecule has 0 aliphatic heterocycles. The highest BCUT2D eigenvalue weighted by Gasteiger charge is 2.17. The van der Waals surface area contributed by atoms with E-state index < -0.39 is 9.84 Å². The van der Waals surface area contributed by atoms with Gasteiger partial charge in [-0.3, -0.25) is 4.79 Å². The summed E-state index contributed by atoms with van der Waals surface area (Å²) in [5.74, 6) is -0.152. The highest BCUT2D eigenvalue weighted by molar-refractivity contribution is 7.90. The molecule has 122 valence electrons. The first-order chi connectivity index (χ1) is 10.9. The van der Waals surface area contributed by atoms with Crippen LogP contribution in [-0.4, -0.2) is 32.0 Å². The largest absolute Gasteiger partial charge is 0.334 e. The van der Waals surface area contributed by atoms with Crippen LogP contribution in [0.1, 0.15) is 29.3 Å². The summed E-state index contributed by atoms with van der Waals surface area (Å²) in [5, 5.41) is 0. The van der Waals surface area contributed by atoms with Gasteiger partial charge in [0.1, 0.15) is 0 Å². The van der Waals surface area contributed by atoms with Crippen molar-refractivity contribution < 1.29 is 13.2 Å². The minimum atomic E-state index is -3.33. The number of hydrogen-bond acceptors (Lipinski definition) is 3. The molecule has 2 aromatic carbocycles. The summed E-state index contributed by atoms with van der Waals surface area (Å²) in [6, 6.07) is 16.0. The van der Waals surface area contributed by atoms with Crippen molar-refractivity contribution in [1.29, 1.82) is 0 Å². The van der Waals surface area contributed by atoms with Gasteiger partial charge in [-0.05, 0) is 30.2 Å². The lowest BCUT2D eigenvalue weighted by Gasteiger charge is -2.22. The Balaban J connectivity index is 2.27. The van der Waals surface area contributed by atoms with Gasteiger partial charge < -0.3 is 4.90 Å². The average molecular weight is 331 g/mol. The molecule has 4 nitrogen and oxygen atoms in total. The molecule has 0 fully saturated rings. The van der Waals surface area contributed by atoms with Crippen molar-refractivity contribution in [2.75, 3.05) is 12.8 Å². The lowest BCUT2D eigenvalue weighted by atomic mass is 10.1. The first-order valence-corrected chi connectivity index (χ1v) is 9.44. The third-order valence-corrected chi connectivity index (χ3v) is 4.62. The summed E-state index contributed by atoms with van der Waals surface area (Å²) in [6.07, 6.45) is 1.98. The fourth-order valence-corrected chi connectivity index (χ4v) is 3.04. The molecule has 0 aliphatic rings. The lowest BCUT2D eigenvalue weighted by molar-refractivity contribution is 0.0743. The van der Waals surface area contributed by atoms with E-state index in [1.165, 1.54) is 12.1 Å². The summed E-state index contributed by atoms with van der Waals surface area (Å²) in [4.78, 5) is 14.7. The van der Waals surface area contributed by atoms with Gasteiger partial charge in [-0.2, -0.15) is 0 Å². The summed E-state index contributed by atoms with van der Waals surface area (Å²) < 4.78 is 23.3. The van der Waals surface area contributed by atoms with E-state index in [-0.39, 0.29) is 10.8 Å². The number of amides is 1. The van der Waals surface area contributed by atoms with Crippen LogP contribution in [0, 0.1) is 0 Å². The monoisotopic (exact) mass is 331 g/mol. The van der Waals surface area contributed by atoms with Crippen molar-refractivity contribution in [1.82, 2.24) is 4.90 Å². The van der Waals surface area contributed by atoms with Crippen LogP contribution in [0.5, 0.6) is 0 Å². The van der Waals surface area contributed by atoms with Gasteiger partial charge in [-0.25, -0.2) is 8.42 Å². The molecule has 0 radical (unpaired) electrons. The number of hydrogen-bond donors (Lipinski definition) is 0. The second-order valence-electron chi connectivity index (χ2n) is 5.51. The van der Waals surface area contributed by atoms with E-state index in [0.717, 1.165) is 18.2 Å². The molecule has 0 spiro atoms. The first kappa shape index (κ1) is 17.2. The molecule has 23 heavy (non-hydrogen) atoms. The third-order valence-electron chi connectivity index (χ3n) is 3.51. The molecule has 0 bridgehead atoms. The highest BCUT2D eigenvalue weighted by atomic mass is 32.2. The van der Waals surface area contributed by atoms with Gasteiger partial charge in [0.25, 0.3) is 5.91 Å². The van der Waals surface area contributed by atoms with Crippen molar-refractivity contribution in [2.24, 2.45) is 0 Å². The van der Waals surface area contributed by atoms with Crippen LogP contribution in [0.25, 0.3) is 0 Å². The molecule has 2 rings (SSSR count). The van der Waals surface area contributed by atoms with Gasteiger partial charge in [0.15, 0.2) is 9.84 Å². The molecule has 0 heterocycles. The molecule has 0 N–H and O–H groups in total. The van der Waals surface area contributed by atoms with Crippen LogP contribution in [-0.2, 0) is 16.4 Å². The number of carbonyl (C=O) groups excluding carboxylic acids is 1. The maximum absolute atomic E-state index is 12.7. The zero-order chi connectivity index (χ0) is 16.9. The Morgan fingerprint density at radius 2 is 1.74 bits per heavy atom. The van der Waals surface area contributed by atoms with Gasteiger partial charge in [-0.15, -0.1) is 0 Å². The van der Waals surface area contributed by atoms with Crippen molar-refractivity contribution in [3.63, 3.8) is 0 Å². The summed E-state index contributed by atoms with van der Waals surface area (Å²) in [5.41, 5.74) is 1.45. The predicted octanol–water partition coefficient (Wildman–Crippen LogP) is 3.14. The number of nitrogens with zero attached hydrogens (tertiary/aromatic N) is 1. The van der Waals surface area contributed by atoms with E-state index in [1.54, 1.807) is 17.0 Å². The van der Waals surface area contributed by atoms with E-state index in [2.05, 4.69) is 0 Å². The topological polar surface area (TPSA) is 54.5 Å². The maximum atomic E-state index is 12.7. The molecule has 1 amide bonds. The fraction of sp³-hybridized carbons (Fsp3) is 0.278. The molecule has 0 unspecified atom stereocenters. The lowest BCUT2D eigenvalue weighted by Crippen LogP contribution is -2.31. The van der Waals surface area contributed by atoms with Crippen LogP contribution in [0.2, 0.25) is 0 Å². The zero-order valence-electron chi connectivity index (χ0n) is 13.4. The Labute approximate surface area is 137 Å². The number of rotatable bonds is 6. The molecule has 5 heteroatoms. The third kappa shape index (κ3) is 4.66. The molecule has 0 saturated carbocycles. The molecule has 0 saturated heterocycles. The Morgan fingerprint density at radius 1 is 1.04 bits per heavy atom. The second-order valence-corrected chi connectivity index (χ2v) is 7.53. The van der Waals surface area contributed by atoms with Gasteiger partial charge in [0.2, 0.25) is 0 Å². The standard InChI is InChI=1S/C18H21NO3S/c1-3-12-19(14-15-8-5-4-6-9-15)18(20)16-10-7-11-17(13-16)23(2,21)22/h4-11,13H,3,12,14H2,1-2H3. The number of sulfone groups is 1. The highest BCUT2D eigenvalue weighted by Crippen LogP contribution is 2.15. The quantitative estimate of drug-likeness (QED) is 0.817. The van der Waals surface area contributed by atoms with E-state index in [4.69, 9.17) is 0 Å². The minimum absolute atomic E-state index is 0.152. The minimum Gasteiger partial charge on any atom is -0.334 e. The van der Waals surface area contributed by atoms with Crippen LogP contribution in [0.4, 0.5) is 0 Å². The van der Waals surface area contributed by atoms with Crippen LogP contribution in [0.15, 0.2) is 59.5 Å². The van der Waals surface area contributed by atoms with Crippen LogP contribution >= 0.6 is 0 Å². The Bertz CT molecular complexity index is 770. The molecule has 2 aromatic rings. The molecule has 0 aliphatic carbocycles. The fourth-order valence-electron chi connectivity index (χ4n) is 2.37. The normalized spacial score (nSPS) is 11.2. The number of carbonyl (C=O) groups is 1. The van der Waals surface area contributed by atoms with Gasteiger partial charge >= 0.3 is 0 Å². The zero-order valence-corrected chi connectivity index (χ0v) is 14.2. The van der Waals surface area contributed by atoms with Crippen molar-refractivity contribution in [3.05, 3.63) is 65.7 Å². The van der Waals surface area contributed by atoms with Gasteiger partial charge in [0.05, 0.1) is 4.90 Å². The Kier molecular flexibility index (Phi) is 5.55. The summed E-state index contributed by atoms with van der Waals surface area (Å²) in [6.45, 7) is 3.14. The maximum Gasteiger partial charge on any atom is 0.254 e. The van der Waals surface area contributed by atoms with Crippen molar-refractivity contribution in [3.8, 4) is 0 Å². The van der Waals surface area contributed by atoms with Gasteiger partial charge in [-0.1, -0.05) is 43.3 Å². The summed E-state index contributed by atoms with van der Waals surface area (Å²) in [7, 11) is -3.33. The SMILES string of the molecule is CCCN(Cc1ccccc1)C(=O)c1cccc(S(C)(=O)=O)c1. The molecule has 0 atom stereocenters. The molecule has 0 aromatic heterocycles. The predicted molar refractivity (Wildman–Crippen MR) is 91.0 cm³/mol. The van der Waals surface area contributed by atoms with Crippen molar-refractivity contribution >= 4 is 15.7 Å². The molecular formula is C18H21NO3S.